The van der Waals surface area contributed by atoms with Gasteiger partial charge in [-0.15, -0.1) is 0 Å². The van der Waals surface area contributed by atoms with Gasteiger partial charge in [-0.1, -0.05) is 12.1 Å². The maximum absolute atomic E-state index is 13.7. The molecule has 0 amide bonds. The van der Waals surface area contributed by atoms with Gasteiger partial charge < -0.3 is 19.2 Å². The minimum atomic E-state index is -0.611. The van der Waals surface area contributed by atoms with Crippen molar-refractivity contribution in [3.05, 3.63) is 58.4 Å². The summed E-state index contributed by atoms with van der Waals surface area (Å²) in [7, 11) is 3.03. The molecule has 0 aliphatic rings. The second-order valence-corrected chi connectivity index (χ2v) is 4.93. The number of fused-ring (bicyclic) bond motifs is 1. The predicted molar refractivity (Wildman–Crippen MR) is 86.2 cm³/mol. The van der Waals surface area contributed by atoms with Gasteiger partial charge >= 0.3 is 0 Å². The van der Waals surface area contributed by atoms with E-state index < -0.39 is 11.4 Å². The maximum Gasteiger partial charge on any atom is 0.261 e. The zero-order valence-electron chi connectivity index (χ0n) is 13.1. The van der Waals surface area contributed by atoms with E-state index >= 15 is 0 Å². The molecule has 0 spiro atoms. The molecule has 6 nitrogen and oxygen atoms in total. The minimum Gasteiger partial charge on any atom is -0.493 e. The molecular formula is C17H15FN2O4. The third-order valence-electron chi connectivity index (χ3n) is 3.47. The Bertz CT molecular complexity index is 917. The van der Waals surface area contributed by atoms with E-state index in [4.69, 9.17) is 14.2 Å². The zero-order chi connectivity index (χ0) is 17.1. The third kappa shape index (κ3) is 2.88. The lowest BCUT2D eigenvalue weighted by Crippen LogP contribution is -2.15. The fourth-order valence-corrected chi connectivity index (χ4v) is 2.37. The number of nitrogens with one attached hydrogen (secondary N) is 1. The van der Waals surface area contributed by atoms with Crippen LogP contribution >= 0.6 is 0 Å². The summed E-state index contributed by atoms with van der Waals surface area (Å²) in [5.74, 6) is 1.03. The van der Waals surface area contributed by atoms with Crippen LogP contribution in [0.25, 0.3) is 10.9 Å². The Morgan fingerprint density at radius 3 is 2.42 bits per heavy atom. The number of methoxy groups -OCH3 is 2. The Morgan fingerprint density at radius 1 is 1.08 bits per heavy atom. The van der Waals surface area contributed by atoms with Crippen molar-refractivity contribution in [3.63, 3.8) is 0 Å². The molecule has 3 aromatic rings. The van der Waals surface area contributed by atoms with E-state index in [0.29, 0.717) is 17.2 Å². The van der Waals surface area contributed by atoms with Gasteiger partial charge in [-0.05, 0) is 24.3 Å². The first-order valence-electron chi connectivity index (χ1n) is 7.15. The SMILES string of the molecule is COc1cccc(OC)c1OCc1nc2cccc(F)c2c(=O)[nH]1. The molecule has 1 N–H and O–H groups in total. The summed E-state index contributed by atoms with van der Waals surface area (Å²) < 4.78 is 29.9. The van der Waals surface area contributed by atoms with Crippen LogP contribution in [0.15, 0.2) is 41.2 Å². The van der Waals surface area contributed by atoms with Crippen LogP contribution in [0.2, 0.25) is 0 Å². The quantitative estimate of drug-likeness (QED) is 0.778. The lowest BCUT2D eigenvalue weighted by atomic mass is 10.2. The number of hydrogen-bond acceptors (Lipinski definition) is 5. The van der Waals surface area contributed by atoms with Gasteiger partial charge in [-0.25, -0.2) is 9.37 Å². The number of nitrogens with zero attached hydrogens (tertiary/aromatic N) is 1. The van der Waals surface area contributed by atoms with Crippen LogP contribution in [0.4, 0.5) is 4.39 Å². The van der Waals surface area contributed by atoms with E-state index in [1.807, 2.05) is 0 Å². The largest absolute Gasteiger partial charge is 0.493 e. The topological polar surface area (TPSA) is 73.4 Å². The minimum absolute atomic E-state index is 0.0293. The molecular weight excluding hydrogens is 315 g/mol. The van der Waals surface area contributed by atoms with Crippen LogP contribution in [-0.2, 0) is 6.61 Å². The molecule has 124 valence electrons. The van der Waals surface area contributed by atoms with Gasteiger partial charge in [0.25, 0.3) is 5.56 Å². The summed E-state index contributed by atoms with van der Waals surface area (Å²) in [6.45, 7) is -0.0293. The Morgan fingerprint density at radius 2 is 1.75 bits per heavy atom. The average molecular weight is 330 g/mol. The smallest absolute Gasteiger partial charge is 0.261 e. The second-order valence-electron chi connectivity index (χ2n) is 4.93. The summed E-state index contributed by atoms with van der Waals surface area (Å²) in [6.07, 6.45) is 0. The van der Waals surface area contributed by atoms with Gasteiger partial charge in [0, 0.05) is 0 Å². The van der Waals surface area contributed by atoms with Crippen LogP contribution in [0.1, 0.15) is 5.82 Å². The number of H-pyrrole nitrogens is 1. The van der Waals surface area contributed by atoms with Gasteiger partial charge in [0.05, 0.1) is 19.7 Å². The fourth-order valence-electron chi connectivity index (χ4n) is 2.37. The summed E-state index contributed by atoms with van der Waals surface area (Å²) in [5.41, 5.74) is -0.284. The molecule has 2 aromatic carbocycles. The van der Waals surface area contributed by atoms with Crippen molar-refractivity contribution in [2.45, 2.75) is 6.61 Å². The number of benzene rings is 2. The Hall–Kier alpha value is -3.09. The standard InChI is InChI=1S/C17H15FN2O4/c1-22-12-7-4-8-13(23-2)16(12)24-9-14-19-11-6-3-5-10(18)15(11)17(21)20-14/h3-8H,9H2,1-2H3,(H,19,20,21). The first-order chi connectivity index (χ1) is 11.6. The van der Waals surface area contributed by atoms with Crippen LogP contribution in [0, 0.1) is 5.82 Å². The van der Waals surface area contributed by atoms with Crippen LogP contribution in [0.5, 0.6) is 17.2 Å². The van der Waals surface area contributed by atoms with Gasteiger partial charge in [0.1, 0.15) is 23.6 Å². The van der Waals surface area contributed by atoms with E-state index in [0.717, 1.165) is 0 Å². The van der Waals surface area contributed by atoms with Gasteiger partial charge in [-0.2, -0.15) is 0 Å². The van der Waals surface area contributed by atoms with E-state index in [2.05, 4.69) is 9.97 Å². The normalized spacial score (nSPS) is 10.6. The molecule has 0 fully saturated rings. The highest BCUT2D eigenvalue weighted by Gasteiger charge is 2.13. The van der Waals surface area contributed by atoms with Crippen molar-refractivity contribution < 1.29 is 18.6 Å². The Labute approximate surface area is 136 Å². The van der Waals surface area contributed by atoms with Crippen LogP contribution in [0.3, 0.4) is 0 Å². The first-order valence-corrected chi connectivity index (χ1v) is 7.15. The highest BCUT2D eigenvalue weighted by Crippen LogP contribution is 2.37. The highest BCUT2D eigenvalue weighted by molar-refractivity contribution is 5.77. The predicted octanol–water partition coefficient (Wildman–Crippen LogP) is 2.66. The second kappa shape index (κ2) is 6.57. The number of hydrogen-bond donors (Lipinski definition) is 1. The van der Waals surface area contributed by atoms with E-state index in [1.165, 1.54) is 26.4 Å². The van der Waals surface area contributed by atoms with Crippen molar-refractivity contribution in [1.29, 1.82) is 0 Å². The zero-order valence-corrected chi connectivity index (χ0v) is 13.1. The number of aromatic amines is 1. The Balaban J connectivity index is 1.94. The van der Waals surface area contributed by atoms with Gasteiger partial charge in [0.15, 0.2) is 11.5 Å². The van der Waals surface area contributed by atoms with Crippen molar-refractivity contribution in [3.8, 4) is 17.2 Å². The monoisotopic (exact) mass is 330 g/mol. The maximum atomic E-state index is 13.7. The molecule has 3 rings (SSSR count). The molecule has 1 heterocycles. The number of aromatic nitrogens is 2. The summed E-state index contributed by atoms with van der Waals surface area (Å²) >= 11 is 0. The van der Waals surface area contributed by atoms with Crippen molar-refractivity contribution in [1.82, 2.24) is 9.97 Å². The number of para-hydroxylation sites is 1. The van der Waals surface area contributed by atoms with Crippen molar-refractivity contribution in [2.24, 2.45) is 0 Å². The average Bonchev–Trinajstić information content (AvgIpc) is 2.59. The molecule has 0 unspecified atom stereocenters. The molecule has 0 aliphatic carbocycles. The van der Waals surface area contributed by atoms with E-state index in [1.54, 1.807) is 24.3 Å². The summed E-state index contributed by atoms with van der Waals surface area (Å²) in [5, 5.41) is -0.0730. The number of halogens is 1. The molecule has 1 aromatic heterocycles. The molecule has 0 aliphatic heterocycles. The molecule has 0 bridgehead atoms. The first kappa shape index (κ1) is 15.8. The number of ether oxygens (including phenoxy) is 3. The van der Waals surface area contributed by atoms with Crippen LogP contribution < -0.4 is 19.8 Å². The lowest BCUT2D eigenvalue weighted by molar-refractivity contribution is 0.259. The van der Waals surface area contributed by atoms with E-state index in [-0.39, 0.29) is 23.3 Å². The Kier molecular flexibility index (Phi) is 4.33. The summed E-state index contributed by atoms with van der Waals surface area (Å²) in [6, 6.07) is 9.50. The molecule has 0 saturated heterocycles. The van der Waals surface area contributed by atoms with Gasteiger partial charge in [0.2, 0.25) is 5.75 Å². The summed E-state index contributed by atoms with van der Waals surface area (Å²) in [4.78, 5) is 18.8. The molecule has 0 saturated carbocycles. The molecule has 0 atom stereocenters. The third-order valence-corrected chi connectivity index (χ3v) is 3.47. The van der Waals surface area contributed by atoms with Gasteiger partial charge in [-0.3, -0.25) is 4.79 Å². The fraction of sp³-hybridized carbons (Fsp3) is 0.176. The lowest BCUT2D eigenvalue weighted by Gasteiger charge is -2.13. The number of rotatable bonds is 5. The van der Waals surface area contributed by atoms with E-state index in [9.17, 15) is 9.18 Å². The highest BCUT2D eigenvalue weighted by atomic mass is 19.1. The molecule has 7 heteroatoms. The molecule has 0 radical (unpaired) electrons. The van der Waals surface area contributed by atoms with Crippen LogP contribution in [-0.4, -0.2) is 24.2 Å². The molecule has 24 heavy (non-hydrogen) atoms. The van der Waals surface area contributed by atoms with Crippen molar-refractivity contribution in [2.75, 3.05) is 14.2 Å². The van der Waals surface area contributed by atoms with Crippen molar-refractivity contribution >= 4 is 10.9 Å².